The number of rotatable bonds is 1. The van der Waals surface area contributed by atoms with Gasteiger partial charge >= 0.3 is 6.18 Å². The lowest BCUT2D eigenvalue weighted by Crippen LogP contribution is -2.06. The van der Waals surface area contributed by atoms with Crippen LogP contribution in [0.25, 0.3) is 0 Å². The Balaban J connectivity index is 3.20. The van der Waals surface area contributed by atoms with Gasteiger partial charge in [0.15, 0.2) is 0 Å². The van der Waals surface area contributed by atoms with Crippen molar-refractivity contribution in [3.8, 4) is 0 Å². The van der Waals surface area contributed by atoms with Gasteiger partial charge < -0.3 is 0 Å². The van der Waals surface area contributed by atoms with E-state index in [1.54, 1.807) is 0 Å². The molecule has 0 aromatic heterocycles. The van der Waals surface area contributed by atoms with Gasteiger partial charge in [-0.05, 0) is 30.7 Å². The van der Waals surface area contributed by atoms with Crippen LogP contribution in [-0.2, 0) is 17.0 Å². The fourth-order valence-corrected chi connectivity index (χ4v) is 1.92. The quantitative estimate of drug-likeness (QED) is 0.714. The summed E-state index contributed by atoms with van der Waals surface area (Å²) in [5, 5.41) is 0. The second-order valence-electron chi connectivity index (χ2n) is 2.93. The maximum Gasteiger partial charge on any atom is 0.416 e. The van der Waals surface area contributed by atoms with Crippen molar-refractivity contribution in [2.45, 2.75) is 18.0 Å². The standard InChI is InChI=1S/C9H9F3OS/c1-6-5-7(9(10,11)12)3-4-8(6)14(2)13/h3-5H,1-2H3. The molecule has 0 aliphatic rings. The molecule has 1 nitrogen and oxygen atoms in total. The van der Waals surface area contributed by atoms with Crippen molar-refractivity contribution in [2.75, 3.05) is 6.26 Å². The lowest BCUT2D eigenvalue weighted by Gasteiger charge is -2.09. The number of hydrogen-bond donors (Lipinski definition) is 0. The van der Waals surface area contributed by atoms with Gasteiger partial charge in [0.1, 0.15) is 0 Å². The zero-order valence-electron chi connectivity index (χ0n) is 7.68. The summed E-state index contributed by atoms with van der Waals surface area (Å²) in [5.74, 6) is 0. The highest BCUT2D eigenvalue weighted by atomic mass is 32.2. The van der Waals surface area contributed by atoms with Crippen molar-refractivity contribution in [3.05, 3.63) is 29.3 Å². The Bertz CT molecular complexity index is 371. The van der Waals surface area contributed by atoms with Crippen LogP contribution in [0.1, 0.15) is 11.1 Å². The Labute approximate surface area is 82.4 Å². The summed E-state index contributed by atoms with van der Waals surface area (Å²) in [6.45, 7) is 1.52. The molecule has 0 heterocycles. The predicted octanol–water partition coefficient (Wildman–Crippen LogP) is 2.75. The van der Waals surface area contributed by atoms with Gasteiger partial charge in [-0.15, -0.1) is 0 Å². The first-order valence-corrected chi connectivity index (χ1v) is 5.39. The Morgan fingerprint density at radius 3 is 2.21 bits per heavy atom. The number of benzene rings is 1. The van der Waals surface area contributed by atoms with Crippen LogP contribution in [0.4, 0.5) is 13.2 Å². The Kier molecular flexibility index (Phi) is 2.99. The molecule has 5 heteroatoms. The molecule has 1 atom stereocenters. The van der Waals surface area contributed by atoms with E-state index in [4.69, 9.17) is 0 Å². The molecule has 0 N–H and O–H groups in total. The second-order valence-corrected chi connectivity index (χ2v) is 4.28. The maximum atomic E-state index is 12.2. The van der Waals surface area contributed by atoms with Crippen molar-refractivity contribution < 1.29 is 17.4 Å². The van der Waals surface area contributed by atoms with Crippen LogP contribution in [0.5, 0.6) is 0 Å². The molecule has 0 bridgehead atoms. The topological polar surface area (TPSA) is 17.1 Å². The SMILES string of the molecule is Cc1cc(C(F)(F)F)ccc1S(C)=O. The van der Waals surface area contributed by atoms with Gasteiger partial charge in [0, 0.05) is 11.2 Å². The molecule has 1 rings (SSSR count). The lowest BCUT2D eigenvalue weighted by atomic mass is 10.1. The zero-order chi connectivity index (χ0) is 10.9. The third kappa shape index (κ3) is 2.35. The summed E-state index contributed by atoms with van der Waals surface area (Å²) >= 11 is 0. The molecule has 0 amide bonds. The highest BCUT2D eigenvalue weighted by molar-refractivity contribution is 7.84. The van der Waals surface area contributed by atoms with Crippen LogP contribution < -0.4 is 0 Å². The van der Waals surface area contributed by atoms with Gasteiger partial charge in [-0.3, -0.25) is 4.21 Å². The highest BCUT2D eigenvalue weighted by Crippen LogP contribution is 2.30. The van der Waals surface area contributed by atoms with Crippen molar-refractivity contribution in [1.29, 1.82) is 0 Å². The molecule has 0 saturated carbocycles. The number of alkyl halides is 3. The first-order valence-electron chi connectivity index (χ1n) is 3.83. The number of aryl methyl sites for hydroxylation is 1. The largest absolute Gasteiger partial charge is 0.416 e. The lowest BCUT2D eigenvalue weighted by molar-refractivity contribution is -0.137. The van der Waals surface area contributed by atoms with E-state index in [0.29, 0.717) is 10.5 Å². The molecule has 0 aliphatic heterocycles. The van der Waals surface area contributed by atoms with Crippen LogP contribution in [0, 0.1) is 6.92 Å². The van der Waals surface area contributed by atoms with Crippen molar-refractivity contribution in [2.24, 2.45) is 0 Å². The summed E-state index contributed by atoms with van der Waals surface area (Å²) in [4.78, 5) is 0.443. The van der Waals surface area contributed by atoms with Crippen LogP contribution in [0.15, 0.2) is 23.1 Å². The van der Waals surface area contributed by atoms with E-state index < -0.39 is 22.5 Å². The van der Waals surface area contributed by atoms with Crippen LogP contribution in [0.3, 0.4) is 0 Å². The third-order valence-corrected chi connectivity index (χ3v) is 2.89. The predicted molar refractivity (Wildman–Crippen MR) is 48.5 cm³/mol. The molecule has 0 spiro atoms. The van der Waals surface area contributed by atoms with E-state index >= 15 is 0 Å². The van der Waals surface area contributed by atoms with E-state index in [0.717, 1.165) is 12.1 Å². The van der Waals surface area contributed by atoms with E-state index in [1.807, 2.05) is 0 Å². The average molecular weight is 222 g/mol. The second kappa shape index (κ2) is 3.73. The minimum atomic E-state index is -4.33. The van der Waals surface area contributed by atoms with Crippen molar-refractivity contribution >= 4 is 10.8 Å². The molecule has 0 fully saturated rings. The first-order chi connectivity index (χ1) is 6.32. The van der Waals surface area contributed by atoms with Crippen molar-refractivity contribution in [1.82, 2.24) is 0 Å². The fourth-order valence-electron chi connectivity index (χ4n) is 1.15. The normalized spacial score (nSPS) is 14.1. The minimum absolute atomic E-state index is 0.403. The van der Waals surface area contributed by atoms with Crippen LogP contribution >= 0.6 is 0 Å². The highest BCUT2D eigenvalue weighted by Gasteiger charge is 2.30. The molecule has 78 valence electrons. The van der Waals surface area contributed by atoms with Gasteiger partial charge in [-0.25, -0.2) is 0 Å². The Hall–Kier alpha value is -0.840. The average Bonchev–Trinajstić information content (AvgIpc) is 2.01. The molecule has 1 aromatic carbocycles. The van der Waals surface area contributed by atoms with Gasteiger partial charge in [-0.2, -0.15) is 13.2 Å². The van der Waals surface area contributed by atoms with Gasteiger partial charge in [0.05, 0.1) is 16.4 Å². The zero-order valence-corrected chi connectivity index (χ0v) is 8.50. The number of hydrogen-bond acceptors (Lipinski definition) is 1. The van der Waals surface area contributed by atoms with E-state index in [1.165, 1.54) is 19.2 Å². The third-order valence-electron chi connectivity index (χ3n) is 1.81. The maximum absolute atomic E-state index is 12.2. The summed E-state index contributed by atoms with van der Waals surface area (Å²) in [7, 11) is -1.24. The van der Waals surface area contributed by atoms with E-state index in [9.17, 15) is 17.4 Å². The van der Waals surface area contributed by atoms with Crippen LogP contribution in [0.2, 0.25) is 0 Å². The Morgan fingerprint density at radius 1 is 1.29 bits per heavy atom. The van der Waals surface area contributed by atoms with Crippen LogP contribution in [-0.4, -0.2) is 10.5 Å². The molecule has 14 heavy (non-hydrogen) atoms. The molecule has 1 aromatic rings. The van der Waals surface area contributed by atoms with Gasteiger partial charge in [-0.1, -0.05) is 0 Å². The van der Waals surface area contributed by atoms with E-state index in [2.05, 4.69) is 0 Å². The molecule has 0 aliphatic carbocycles. The van der Waals surface area contributed by atoms with Gasteiger partial charge in [0.25, 0.3) is 0 Å². The first kappa shape index (κ1) is 11.2. The molecule has 0 radical (unpaired) electrons. The summed E-state index contributed by atoms with van der Waals surface area (Å²) in [6.07, 6.45) is -2.89. The van der Waals surface area contributed by atoms with Crippen molar-refractivity contribution in [3.63, 3.8) is 0 Å². The summed E-state index contributed by atoms with van der Waals surface area (Å²) in [6, 6.07) is 3.22. The van der Waals surface area contributed by atoms with Gasteiger partial charge in [0.2, 0.25) is 0 Å². The summed E-state index contributed by atoms with van der Waals surface area (Å²) < 4.78 is 47.7. The van der Waals surface area contributed by atoms with E-state index in [-0.39, 0.29) is 0 Å². The fraction of sp³-hybridized carbons (Fsp3) is 0.333. The molecule has 0 saturated heterocycles. The smallest absolute Gasteiger partial charge is 0.255 e. The summed E-state index contributed by atoms with van der Waals surface area (Å²) in [5.41, 5.74) is -0.301. The molecular formula is C9H9F3OS. The molecule has 1 unspecified atom stereocenters. The monoisotopic (exact) mass is 222 g/mol. The molecular weight excluding hydrogens is 213 g/mol. The number of halogens is 3. The Morgan fingerprint density at radius 2 is 1.86 bits per heavy atom. The minimum Gasteiger partial charge on any atom is -0.255 e.